The number of Topliss-reactive ketones (excluding diaryl/α,β-unsaturated/α-hetero) is 1. The van der Waals surface area contributed by atoms with Crippen molar-refractivity contribution < 1.29 is 4.79 Å². The van der Waals surface area contributed by atoms with Gasteiger partial charge < -0.3 is 5.73 Å². The van der Waals surface area contributed by atoms with Crippen molar-refractivity contribution in [3.8, 4) is 6.07 Å². The largest absolute Gasteiger partial charge is 0.389 e. The Balaban J connectivity index is 2.62. The quantitative estimate of drug-likeness (QED) is 0.729. The van der Waals surface area contributed by atoms with E-state index in [-0.39, 0.29) is 11.2 Å². The number of fused-ring (bicyclic) bond motifs is 1. The van der Waals surface area contributed by atoms with Crippen molar-refractivity contribution >= 4 is 22.1 Å². The maximum atomic E-state index is 11.8. The molecule has 0 bridgehead atoms. The molecule has 0 aromatic carbocycles. The smallest absolute Gasteiger partial charge is 0.173 e. The standard InChI is InChI=1S/C11H12N2OS/c1-11(2)3-6-7(5-12)10(13)15-9(6)8(14)4-11/h3-4,13H2,1-2H3. The summed E-state index contributed by atoms with van der Waals surface area (Å²) in [4.78, 5) is 12.5. The van der Waals surface area contributed by atoms with Crippen molar-refractivity contribution in [1.82, 2.24) is 0 Å². The molecule has 15 heavy (non-hydrogen) atoms. The van der Waals surface area contributed by atoms with Gasteiger partial charge in [0, 0.05) is 6.42 Å². The number of thiophene rings is 1. The topological polar surface area (TPSA) is 66.9 Å². The normalized spacial score (nSPS) is 18.3. The van der Waals surface area contributed by atoms with Crippen molar-refractivity contribution in [1.29, 1.82) is 5.26 Å². The van der Waals surface area contributed by atoms with E-state index in [4.69, 9.17) is 11.0 Å². The van der Waals surface area contributed by atoms with Gasteiger partial charge >= 0.3 is 0 Å². The fraction of sp³-hybridized carbons (Fsp3) is 0.455. The summed E-state index contributed by atoms with van der Waals surface area (Å²) in [5, 5.41) is 9.47. The van der Waals surface area contributed by atoms with E-state index in [0.29, 0.717) is 21.9 Å². The lowest BCUT2D eigenvalue weighted by Crippen LogP contribution is -2.26. The third-order valence-corrected chi connectivity index (χ3v) is 3.80. The number of nitrogen functional groups attached to an aromatic ring is 1. The third-order valence-electron chi connectivity index (χ3n) is 2.69. The molecule has 4 heteroatoms. The van der Waals surface area contributed by atoms with Gasteiger partial charge in [0.1, 0.15) is 11.1 Å². The monoisotopic (exact) mass is 220 g/mol. The highest BCUT2D eigenvalue weighted by molar-refractivity contribution is 7.18. The van der Waals surface area contributed by atoms with Gasteiger partial charge in [-0.05, 0) is 17.4 Å². The lowest BCUT2D eigenvalue weighted by molar-refractivity contribution is 0.0917. The number of anilines is 1. The lowest BCUT2D eigenvalue weighted by Gasteiger charge is -2.28. The van der Waals surface area contributed by atoms with Crippen molar-refractivity contribution in [2.24, 2.45) is 5.41 Å². The van der Waals surface area contributed by atoms with Crippen LogP contribution in [0.2, 0.25) is 0 Å². The Morgan fingerprint density at radius 2 is 2.13 bits per heavy atom. The average Bonchev–Trinajstić information content (AvgIpc) is 2.40. The summed E-state index contributed by atoms with van der Waals surface area (Å²) in [6.07, 6.45) is 1.31. The Morgan fingerprint density at radius 1 is 1.47 bits per heavy atom. The van der Waals surface area contributed by atoms with Crippen LogP contribution >= 0.6 is 11.3 Å². The number of nitrogens with zero attached hydrogens (tertiary/aromatic N) is 1. The molecular formula is C11H12N2OS. The number of rotatable bonds is 0. The van der Waals surface area contributed by atoms with Gasteiger partial charge in [0.15, 0.2) is 5.78 Å². The number of ketones is 1. The zero-order valence-corrected chi connectivity index (χ0v) is 9.57. The van der Waals surface area contributed by atoms with Crippen LogP contribution in [0.25, 0.3) is 0 Å². The molecule has 3 nitrogen and oxygen atoms in total. The summed E-state index contributed by atoms with van der Waals surface area (Å²) in [6, 6.07) is 2.09. The highest BCUT2D eigenvalue weighted by Crippen LogP contribution is 2.42. The molecule has 1 aromatic heterocycles. The average molecular weight is 220 g/mol. The second kappa shape index (κ2) is 3.07. The number of hydrogen-bond acceptors (Lipinski definition) is 4. The van der Waals surface area contributed by atoms with Gasteiger partial charge in [0.05, 0.1) is 10.4 Å². The van der Waals surface area contributed by atoms with E-state index in [1.807, 2.05) is 13.8 Å². The number of nitriles is 1. The lowest BCUT2D eigenvalue weighted by atomic mass is 9.75. The van der Waals surface area contributed by atoms with Crippen molar-refractivity contribution in [2.75, 3.05) is 5.73 Å². The van der Waals surface area contributed by atoms with E-state index in [1.54, 1.807) is 0 Å². The summed E-state index contributed by atoms with van der Waals surface area (Å²) in [5.74, 6) is 0.124. The van der Waals surface area contributed by atoms with Crippen LogP contribution in [-0.4, -0.2) is 5.78 Å². The highest BCUT2D eigenvalue weighted by atomic mass is 32.1. The molecule has 1 aliphatic carbocycles. The zero-order valence-electron chi connectivity index (χ0n) is 8.76. The predicted molar refractivity (Wildman–Crippen MR) is 59.9 cm³/mol. The number of hydrogen-bond donors (Lipinski definition) is 1. The van der Waals surface area contributed by atoms with Crippen LogP contribution in [0.15, 0.2) is 0 Å². The Kier molecular flexibility index (Phi) is 2.09. The van der Waals surface area contributed by atoms with Gasteiger partial charge in [-0.25, -0.2) is 0 Å². The first-order chi connectivity index (χ1) is 6.94. The van der Waals surface area contributed by atoms with E-state index in [0.717, 1.165) is 12.0 Å². The third kappa shape index (κ3) is 1.53. The zero-order chi connectivity index (χ0) is 11.2. The van der Waals surface area contributed by atoms with Gasteiger partial charge in [0.2, 0.25) is 0 Å². The van der Waals surface area contributed by atoms with Gasteiger partial charge in [-0.15, -0.1) is 11.3 Å². The van der Waals surface area contributed by atoms with Crippen LogP contribution in [0.3, 0.4) is 0 Å². The van der Waals surface area contributed by atoms with E-state index >= 15 is 0 Å². The number of nitrogens with two attached hydrogens (primary N) is 1. The molecule has 2 rings (SSSR count). The van der Waals surface area contributed by atoms with E-state index in [9.17, 15) is 4.79 Å². The molecule has 0 aliphatic heterocycles. The summed E-state index contributed by atoms with van der Waals surface area (Å²) >= 11 is 1.26. The Hall–Kier alpha value is -1.34. The first kappa shape index (κ1) is 10.2. The maximum absolute atomic E-state index is 11.8. The molecule has 2 N–H and O–H groups in total. The molecule has 78 valence electrons. The van der Waals surface area contributed by atoms with Crippen LogP contribution < -0.4 is 5.73 Å². The van der Waals surface area contributed by atoms with Crippen LogP contribution in [0.1, 0.15) is 41.1 Å². The fourth-order valence-electron chi connectivity index (χ4n) is 2.06. The molecule has 1 aromatic rings. The Bertz CT molecular complexity index is 480. The van der Waals surface area contributed by atoms with Gasteiger partial charge in [-0.3, -0.25) is 4.79 Å². The molecule has 0 fully saturated rings. The second-order valence-electron chi connectivity index (χ2n) is 4.70. The molecule has 0 unspecified atom stereocenters. The van der Waals surface area contributed by atoms with Crippen molar-refractivity contribution in [2.45, 2.75) is 26.7 Å². The van der Waals surface area contributed by atoms with Gasteiger partial charge in [-0.1, -0.05) is 13.8 Å². The first-order valence-electron chi connectivity index (χ1n) is 4.79. The second-order valence-corrected chi connectivity index (χ2v) is 5.75. The van der Waals surface area contributed by atoms with Crippen LogP contribution in [0.5, 0.6) is 0 Å². The summed E-state index contributed by atoms with van der Waals surface area (Å²) < 4.78 is 0. The SMILES string of the molecule is CC1(C)CC(=O)c2sc(N)c(C#N)c2C1. The van der Waals surface area contributed by atoms with Crippen LogP contribution in [0.4, 0.5) is 5.00 Å². The summed E-state index contributed by atoms with van der Waals surface area (Å²) in [6.45, 7) is 4.09. The van der Waals surface area contributed by atoms with Gasteiger partial charge in [-0.2, -0.15) is 5.26 Å². The van der Waals surface area contributed by atoms with Crippen LogP contribution in [-0.2, 0) is 6.42 Å². The molecule has 0 amide bonds. The molecule has 0 radical (unpaired) electrons. The number of carbonyl (C=O) groups is 1. The summed E-state index contributed by atoms with van der Waals surface area (Å²) in [7, 11) is 0. The van der Waals surface area contributed by atoms with Gasteiger partial charge in [0.25, 0.3) is 0 Å². The molecule has 1 aliphatic rings. The minimum Gasteiger partial charge on any atom is -0.389 e. The van der Waals surface area contributed by atoms with E-state index in [2.05, 4.69) is 6.07 Å². The molecule has 1 heterocycles. The Labute approximate surface area is 92.5 Å². The molecule has 0 spiro atoms. The molecular weight excluding hydrogens is 208 g/mol. The summed E-state index contributed by atoms with van der Waals surface area (Å²) in [5.41, 5.74) is 7.05. The minimum absolute atomic E-state index is 0.0524. The first-order valence-corrected chi connectivity index (χ1v) is 5.61. The minimum atomic E-state index is -0.0524. The number of carbonyl (C=O) groups excluding carboxylic acids is 1. The maximum Gasteiger partial charge on any atom is 0.173 e. The van der Waals surface area contributed by atoms with Crippen molar-refractivity contribution in [3.05, 3.63) is 16.0 Å². The highest BCUT2D eigenvalue weighted by Gasteiger charge is 2.34. The van der Waals surface area contributed by atoms with E-state index < -0.39 is 0 Å². The van der Waals surface area contributed by atoms with E-state index in [1.165, 1.54) is 11.3 Å². The Morgan fingerprint density at radius 3 is 2.73 bits per heavy atom. The van der Waals surface area contributed by atoms with Crippen LogP contribution in [0, 0.1) is 16.7 Å². The molecule has 0 saturated carbocycles. The fourth-order valence-corrected chi connectivity index (χ4v) is 3.03. The molecule has 0 atom stereocenters. The predicted octanol–water partition coefficient (Wildman–Crippen LogP) is 2.36. The molecule has 0 saturated heterocycles. The van der Waals surface area contributed by atoms with Crippen molar-refractivity contribution in [3.63, 3.8) is 0 Å².